The molecule has 2 aromatic rings. The first kappa shape index (κ1) is 16.0. The average molecular weight is 326 g/mol. The molecule has 3 rings (SSSR count). The minimum Gasteiger partial charge on any atom is -0.465 e. The van der Waals surface area contributed by atoms with Gasteiger partial charge >= 0.3 is 11.9 Å². The maximum absolute atomic E-state index is 12.5. The van der Waals surface area contributed by atoms with Gasteiger partial charge < -0.3 is 14.4 Å². The first-order chi connectivity index (χ1) is 11.7. The second-order valence-corrected chi connectivity index (χ2v) is 5.47. The number of nitrogens with zero attached hydrogens (tertiary/aromatic N) is 2. The number of rotatable bonds is 4. The Balaban J connectivity index is 1.76. The van der Waals surface area contributed by atoms with Crippen LogP contribution < -0.4 is 9.64 Å². The van der Waals surface area contributed by atoms with Gasteiger partial charge in [0.25, 0.3) is 0 Å². The van der Waals surface area contributed by atoms with Gasteiger partial charge in [0.05, 0.1) is 12.7 Å². The predicted octanol–water partition coefficient (Wildman–Crippen LogP) is 2.69. The molecular formula is C18H18N2O4. The summed E-state index contributed by atoms with van der Waals surface area (Å²) in [5.74, 6) is 0.127. The summed E-state index contributed by atoms with van der Waals surface area (Å²) in [5, 5.41) is 0. The summed E-state index contributed by atoms with van der Waals surface area (Å²) in [6.45, 7) is 1.79. The smallest absolute Gasteiger partial charge is 0.347 e. The molecule has 0 radical (unpaired) electrons. The van der Waals surface area contributed by atoms with Gasteiger partial charge in [-0.05, 0) is 49.2 Å². The molecule has 1 aliphatic rings. The van der Waals surface area contributed by atoms with Crippen LogP contribution in [0, 0.1) is 0 Å². The standard InChI is InChI=1S/C18H18N2O4/c1-23-17(21)13-6-8-14(9-7-13)24-18(22)15-5-4-10-19-16(15)20-11-2-3-12-20/h4-10H,2-3,11-12H2,1H3. The largest absolute Gasteiger partial charge is 0.465 e. The number of hydrogen-bond donors (Lipinski definition) is 0. The number of methoxy groups -OCH3 is 1. The molecule has 0 spiro atoms. The van der Waals surface area contributed by atoms with E-state index < -0.39 is 11.9 Å². The third-order valence-electron chi connectivity index (χ3n) is 3.90. The number of pyridine rings is 1. The van der Waals surface area contributed by atoms with Crippen molar-refractivity contribution in [2.45, 2.75) is 12.8 Å². The molecule has 6 heteroatoms. The normalized spacial score (nSPS) is 13.6. The second-order valence-electron chi connectivity index (χ2n) is 5.47. The van der Waals surface area contributed by atoms with Crippen LogP contribution in [0.25, 0.3) is 0 Å². The van der Waals surface area contributed by atoms with Gasteiger partial charge in [0.2, 0.25) is 0 Å². The molecule has 0 N–H and O–H groups in total. The van der Waals surface area contributed by atoms with Crippen molar-refractivity contribution in [2.75, 3.05) is 25.1 Å². The maximum Gasteiger partial charge on any atom is 0.347 e. The van der Waals surface area contributed by atoms with Crippen molar-refractivity contribution in [1.29, 1.82) is 0 Å². The highest BCUT2D eigenvalue weighted by atomic mass is 16.5. The van der Waals surface area contributed by atoms with Crippen molar-refractivity contribution >= 4 is 17.8 Å². The fourth-order valence-electron chi connectivity index (χ4n) is 2.68. The zero-order valence-corrected chi connectivity index (χ0v) is 13.4. The molecule has 0 saturated carbocycles. The zero-order chi connectivity index (χ0) is 16.9. The third-order valence-corrected chi connectivity index (χ3v) is 3.90. The average Bonchev–Trinajstić information content (AvgIpc) is 3.16. The van der Waals surface area contributed by atoms with Crippen LogP contribution in [0.5, 0.6) is 5.75 Å². The highest BCUT2D eigenvalue weighted by molar-refractivity contribution is 5.96. The quantitative estimate of drug-likeness (QED) is 0.635. The number of anilines is 1. The fourth-order valence-corrected chi connectivity index (χ4v) is 2.68. The lowest BCUT2D eigenvalue weighted by Crippen LogP contribution is -2.23. The van der Waals surface area contributed by atoms with Crippen LogP contribution in [0.15, 0.2) is 42.6 Å². The summed E-state index contributed by atoms with van der Waals surface area (Å²) in [4.78, 5) is 30.3. The van der Waals surface area contributed by atoms with Crippen molar-refractivity contribution in [3.8, 4) is 5.75 Å². The van der Waals surface area contributed by atoms with Crippen LogP contribution in [0.2, 0.25) is 0 Å². The predicted molar refractivity (Wildman–Crippen MR) is 88.4 cm³/mol. The molecule has 0 unspecified atom stereocenters. The molecule has 6 nitrogen and oxygen atoms in total. The van der Waals surface area contributed by atoms with E-state index in [0.717, 1.165) is 25.9 Å². The number of aromatic nitrogens is 1. The van der Waals surface area contributed by atoms with Crippen molar-refractivity contribution in [3.63, 3.8) is 0 Å². The Morgan fingerprint density at radius 2 is 1.75 bits per heavy atom. The van der Waals surface area contributed by atoms with E-state index in [2.05, 4.69) is 14.6 Å². The third kappa shape index (κ3) is 3.37. The fraction of sp³-hybridized carbons (Fsp3) is 0.278. The molecule has 0 bridgehead atoms. The van der Waals surface area contributed by atoms with E-state index in [1.807, 2.05) is 0 Å². The number of carbonyl (C=O) groups excluding carboxylic acids is 2. The summed E-state index contributed by atoms with van der Waals surface area (Å²) in [5.41, 5.74) is 0.841. The molecule has 1 saturated heterocycles. The number of hydrogen-bond acceptors (Lipinski definition) is 6. The monoisotopic (exact) mass is 326 g/mol. The van der Waals surface area contributed by atoms with Gasteiger partial charge in [-0.25, -0.2) is 14.6 Å². The highest BCUT2D eigenvalue weighted by Gasteiger charge is 2.21. The van der Waals surface area contributed by atoms with Crippen LogP contribution in [0.3, 0.4) is 0 Å². The molecule has 1 aromatic heterocycles. The van der Waals surface area contributed by atoms with E-state index in [1.54, 1.807) is 42.6 Å². The molecule has 1 aromatic carbocycles. The number of ether oxygens (including phenoxy) is 2. The first-order valence-electron chi connectivity index (χ1n) is 7.79. The molecule has 0 amide bonds. The highest BCUT2D eigenvalue weighted by Crippen LogP contribution is 2.23. The minimum atomic E-state index is -0.462. The number of esters is 2. The van der Waals surface area contributed by atoms with Gasteiger partial charge in [0.1, 0.15) is 17.1 Å². The maximum atomic E-state index is 12.5. The Bertz CT molecular complexity index is 737. The topological polar surface area (TPSA) is 68.7 Å². The lowest BCUT2D eigenvalue weighted by molar-refractivity contribution is 0.0600. The lowest BCUT2D eigenvalue weighted by atomic mass is 10.2. The molecule has 2 heterocycles. The Morgan fingerprint density at radius 1 is 1.04 bits per heavy atom. The molecule has 0 atom stereocenters. The lowest BCUT2D eigenvalue weighted by Gasteiger charge is -2.18. The van der Waals surface area contributed by atoms with E-state index in [0.29, 0.717) is 22.7 Å². The van der Waals surface area contributed by atoms with Gasteiger partial charge in [-0.1, -0.05) is 0 Å². The van der Waals surface area contributed by atoms with Crippen LogP contribution in [-0.4, -0.2) is 37.1 Å². The van der Waals surface area contributed by atoms with Gasteiger partial charge in [0, 0.05) is 19.3 Å². The van der Waals surface area contributed by atoms with Gasteiger partial charge in [-0.15, -0.1) is 0 Å². The summed E-state index contributed by atoms with van der Waals surface area (Å²) in [7, 11) is 1.32. The summed E-state index contributed by atoms with van der Waals surface area (Å²) in [6, 6.07) is 9.67. The van der Waals surface area contributed by atoms with Crippen molar-refractivity contribution in [1.82, 2.24) is 4.98 Å². The van der Waals surface area contributed by atoms with Crippen LogP contribution in [0.1, 0.15) is 33.6 Å². The molecular weight excluding hydrogens is 308 g/mol. The molecule has 1 fully saturated rings. The molecule has 24 heavy (non-hydrogen) atoms. The van der Waals surface area contributed by atoms with Crippen LogP contribution in [0.4, 0.5) is 5.82 Å². The van der Waals surface area contributed by atoms with Crippen LogP contribution in [-0.2, 0) is 4.74 Å². The second kappa shape index (κ2) is 7.12. The van der Waals surface area contributed by atoms with E-state index >= 15 is 0 Å². The SMILES string of the molecule is COC(=O)c1ccc(OC(=O)c2cccnc2N2CCCC2)cc1. The number of carbonyl (C=O) groups is 2. The Morgan fingerprint density at radius 3 is 2.42 bits per heavy atom. The van der Waals surface area contributed by atoms with Crippen LogP contribution >= 0.6 is 0 Å². The van der Waals surface area contributed by atoms with Gasteiger partial charge in [-0.3, -0.25) is 0 Å². The molecule has 0 aliphatic carbocycles. The van der Waals surface area contributed by atoms with Crippen molar-refractivity contribution in [3.05, 3.63) is 53.7 Å². The van der Waals surface area contributed by atoms with Crippen molar-refractivity contribution in [2.24, 2.45) is 0 Å². The van der Waals surface area contributed by atoms with E-state index in [9.17, 15) is 9.59 Å². The number of benzene rings is 1. The van der Waals surface area contributed by atoms with Crippen molar-refractivity contribution < 1.29 is 19.1 Å². The summed E-state index contributed by atoms with van der Waals surface area (Å²) in [6.07, 6.45) is 3.87. The summed E-state index contributed by atoms with van der Waals surface area (Å²) >= 11 is 0. The van der Waals surface area contributed by atoms with E-state index in [-0.39, 0.29) is 0 Å². The Labute approximate surface area is 140 Å². The zero-order valence-electron chi connectivity index (χ0n) is 13.4. The summed E-state index contributed by atoms with van der Waals surface area (Å²) < 4.78 is 10.1. The van der Waals surface area contributed by atoms with E-state index in [4.69, 9.17) is 4.74 Å². The molecule has 1 aliphatic heterocycles. The van der Waals surface area contributed by atoms with Gasteiger partial charge in [-0.2, -0.15) is 0 Å². The first-order valence-corrected chi connectivity index (χ1v) is 7.79. The van der Waals surface area contributed by atoms with E-state index in [1.165, 1.54) is 7.11 Å². The Kier molecular flexibility index (Phi) is 4.74. The Hall–Kier alpha value is -2.89. The molecule has 124 valence electrons. The minimum absolute atomic E-state index is 0.365. The van der Waals surface area contributed by atoms with Gasteiger partial charge in [0.15, 0.2) is 0 Å².